The number of halogens is 1. The van der Waals surface area contributed by atoms with Crippen molar-refractivity contribution < 1.29 is 0 Å². The molecule has 0 bridgehead atoms. The van der Waals surface area contributed by atoms with Crippen LogP contribution in [0.4, 0.5) is 0 Å². The molecule has 0 aromatic heterocycles. The predicted molar refractivity (Wildman–Crippen MR) is 43.7 cm³/mol. The lowest BCUT2D eigenvalue weighted by molar-refractivity contribution is 0.959. The fourth-order valence-corrected chi connectivity index (χ4v) is 0.536. The third-order valence-corrected chi connectivity index (χ3v) is 1.04. The zero-order valence-electron chi connectivity index (χ0n) is 6.02. The van der Waals surface area contributed by atoms with E-state index in [-0.39, 0.29) is 0 Å². The van der Waals surface area contributed by atoms with E-state index in [0.717, 1.165) is 11.5 Å². The Labute approximate surface area is 62.2 Å². The van der Waals surface area contributed by atoms with Gasteiger partial charge in [0.25, 0.3) is 0 Å². The summed E-state index contributed by atoms with van der Waals surface area (Å²) in [5.74, 6) is 0. The van der Waals surface area contributed by atoms with Gasteiger partial charge in [0, 0.05) is 5.03 Å². The summed E-state index contributed by atoms with van der Waals surface area (Å²) in [5, 5.41) is 0.836. The standard InChI is InChI=1S/C8H13Cl/c1-3-4-5-6-7-8(2)9/h5-7H,3-4H2,1-2H3/b6-5-,8-7+. The summed E-state index contributed by atoms with van der Waals surface area (Å²) >= 11 is 5.57. The van der Waals surface area contributed by atoms with Gasteiger partial charge in [0.05, 0.1) is 0 Å². The van der Waals surface area contributed by atoms with Crippen molar-refractivity contribution >= 4 is 11.6 Å². The van der Waals surface area contributed by atoms with Crippen molar-refractivity contribution in [3.63, 3.8) is 0 Å². The van der Waals surface area contributed by atoms with Crippen LogP contribution in [0.3, 0.4) is 0 Å². The Kier molecular flexibility index (Phi) is 5.75. The molecule has 0 nitrogen and oxygen atoms in total. The highest BCUT2D eigenvalue weighted by Gasteiger charge is 1.73. The van der Waals surface area contributed by atoms with Crippen molar-refractivity contribution in [1.82, 2.24) is 0 Å². The topological polar surface area (TPSA) is 0 Å². The summed E-state index contributed by atoms with van der Waals surface area (Å²) in [6.45, 7) is 4.03. The Hall–Kier alpha value is -0.230. The molecule has 0 saturated heterocycles. The normalized spacial score (nSPS) is 13.0. The number of hydrogen-bond donors (Lipinski definition) is 0. The van der Waals surface area contributed by atoms with Gasteiger partial charge in [-0.25, -0.2) is 0 Å². The van der Waals surface area contributed by atoms with E-state index in [1.54, 1.807) is 0 Å². The van der Waals surface area contributed by atoms with Crippen molar-refractivity contribution in [2.45, 2.75) is 26.7 Å². The molecule has 0 rings (SSSR count). The first kappa shape index (κ1) is 8.77. The summed E-state index contributed by atoms with van der Waals surface area (Å²) in [7, 11) is 0. The minimum atomic E-state index is 0.836. The van der Waals surface area contributed by atoms with Gasteiger partial charge in [-0.2, -0.15) is 0 Å². The Bertz CT molecular complexity index is 108. The van der Waals surface area contributed by atoms with E-state index in [9.17, 15) is 0 Å². The first-order valence-corrected chi connectivity index (χ1v) is 3.64. The smallest absolute Gasteiger partial charge is 0.0149 e. The number of hydrogen-bond acceptors (Lipinski definition) is 0. The van der Waals surface area contributed by atoms with Crippen LogP contribution in [0, 0.1) is 0 Å². The van der Waals surface area contributed by atoms with Crippen LogP contribution in [0.15, 0.2) is 23.3 Å². The van der Waals surface area contributed by atoms with E-state index in [0.29, 0.717) is 0 Å². The summed E-state index contributed by atoms with van der Waals surface area (Å²) in [5.41, 5.74) is 0. The van der Waals surface area contributed by atoms with Crippen molar-refractivity contribution in [3.05, 3.63) is 23.3 Å². The van der Waals surface area contributed by atoms with Crippen LogP contribution < -0.4 is 0 Å². The van der Waals surface area contributed by atoms with Gasteiger partial charge >= 0.3 is 0 Å². The van der Waals surface area contributed by atoms with Crippen LogP contribution in [-0.2, 0) is 0 Å². The third-order valence-electron chi connectivity index (χ3n) is 0.917. The number of unbranched alkanes of at least 4 members (excludes halogenated alkanes) is 1. The fourth-order valence-electron chi connectivity index (χ4n) is 0.464. The van der Waals surface area contributed by atoms with Gasteiger partial charge in [0.1, 0.15) is 0 Å². The molecule has 0 heterocycles. The quantitative estimate of drug-likeness (QED) is 0.532. The Morgan fingerprint density at radius 3 is 2.67 bits per heavy atom. The highest BCUT2D eigenvalue weighted by Crippen LogP contribution is 1.98. The highest BCUT2D eigenvalue weighted by atomic mass is 35.5. The molecular formula is C8H13Cl. The van der Waals surface area contributed by atoms with Crippen molar-refractivity contribution in [3.8, 4) is 0 Å². The molecule has 0 aliphatic heterocycles. The SMILES string of the molecule is CCC/C=C\C=C(/C)Cl. The first-order chi connectivity index (χ1) is 4.27. The summed E-state index contributed by atoms with van der Waals surface area (Å²) in [4.78, 5) is 0. The molecule has 0 aliphatic carbocycles. The monoisotopic (exact) mass is 144 g/mol. The molecule has 0 radical (unpaired) electrons. The van der Waals surface area contributed by atoms with Gasteiger partial charge in [-0.05, 0) is 19.4 Å². The molecule has 52 valence electrons. The molecule has 0 atom stereocenters. The Morgan fingerprint density at radius 1 is 1.56 bits per heavy atom. The van der Waals surface area contributed by atoms with E-state index in [2.05, 4.69) is 13.0 Å². The van der Waals surface area contributed by atoms with Crippen LogP contribution in [0.2, 0.25) is 0 Å². The minimum absolute atomic E-state index is 0.836. The molecule has 0 amide bonds. The molecule has 0 fully saturated rings. The lowest BCUT2D eigenvalue weighted by Gasteiger charge is -1.81. The molecule has 0 aromatic rings. The molecule has 0 N–H and O–H groups in total. The molecule has 0 unspecified atom stereocenters. The number of rotatable bonds is 3. The average Bonchev–Trinajstić information content (AvgIpc) is 1.80. The minimum Gasteiger partial charge on any atom is -0.0895 e. The molecule has 0 spiro atoms. The maximum Gasteiger partial charge on any atom is 0.0149 e. The summed E-state index contributed by atoms with van der Waals surface area (Å²) < 4.78 is 0. The lowest BCUT2D eigenvalue weighted by atomic mass is 10.3. The molecule has 1 heteroatoms. The maximum atomic E-state index is 5.57. The van der Waals surface area contributed by atoms with Crippen molar-refractivity contribution in [1.29, 1.82) is 0 Å². The van der Waals surface area contributed by atoms with Crippen LogP contribution in [-0.4, -0.2) is 0 Å². The lowest BCUT2D eigenvalue weighted by Crippen LogP contribution is -1.59. The van der Waals surface area contributed by atoms with E-state index in [1.807, 2.05) is 19.1 Å². The molecule has 0 aliphatic rings. The zero-order chi connectivity index (χ0) is 7.11. The van der Waals surface area contributed by atoms with Gasteiger partial charge in [-0.1, -0.05) is 37.1 Å². The van der Waals surface area contributed by atoms with Crippen LogP contribution in [0.5, 0.6) is 0 Å². The molecule has 9 heavy (non-hydrogen) atoms. The Balaban J connectivity index is 3.35. The van der Waals surface area contributed by atoms with Gasteiger partial charge in [-0.15, -0.1) is 0 Å². The summed E-state index contributed by atoms with van der Waals surface area (Å²) in [6.07, 6.45) is 8.35. The second-order valence-electron chi connectivity index (χ2n) is 1.97. The van der Waals surface area contributed by atoms with E-state index < -0.39 is 0 Å². The van der Waals surface area contributed by atoms with E-state index in [4.69, 9.17) is 11.6 Å². The van der Waals surface area contributed by atoms with Crippen molar-refractivity contribution in [2.75, 3.05) is 0 Å². The summed E-state index contributed by atoms with van der Waals surface area (Å²) in [6, 6.07) is 0. The van der Waals surface area contributed by atoms with Crippen LogP contribution in [0.1, 0.15) is 26.7 Å². The van der Waals surface area contributed by atoms with Gasteiger partial charge in [0.2, 0.25) is 0 Å². The second-order valence-corrected chi connectivity index (χ2v) is 2.57. The molecular weight excluding hydrogens is 132 g/mol. The fraction of sp³-hybridized carbons (Fsp3) is 0.500. The first-order valence-electron chi connectivity index (χ1n) is 3.26. The molecule has 0 saturated carbocycles. The van der Waals surface area contributed by atoms with Crippen LogP contribution >= 0.6 is 11.6 Å². The second kappa shape index (κ2) is 5.90. The van der Waals surface area contributed by atoms with E-state index >= 15 is 0 Å². The van der Waals surface area contributed by atoms with Gasteiger partial charge in [-0.3, -0.25) is 0 Å². The van der Waals surface area contributed by atoms with Gasteiger partial charge in [0.15, 0.2) is 0 Å². The largest absolute Gasteiger partial charge is 0.0895 e. The van der Waals surface area contributed by atoms with Gasteiger partial charge < -0.3 is 0 Å². The van der Waals surface area contributed by atoms with E-state index in [1.165, 1.54) is 6.42 Å². The predicted octanol–water partition coefficient (Wildman–Crippen LogP) is 3.49. The third kappa shape index (κ3) is 7.77. The number of allylic oxidation sites excluding steroid dienone is 4. The maximum absolute atomic E-state index is 5.57. The highest BCUT2D eigenvalue weighted by molar-refractivity contribution is 6.29. The average molecular weight is 145 g/mol. The Morgan fingerprint density at radius 2 is 2.22 bits per heavy atom. The van der Waals surface area contributed by atoms with Crippen LogP contribution in [0.25, 0.3) is 0 Å². The zero-order valence-corrected chi connectivity index (χ0v) is 6.78. The van der Waals surface area contributed by atoms with Crippen molar-refractivity contribution in [2.24, 2.45) is 0 Å². The molecule has 0 aromatic carbocycles.